The number of methoxy groups -OCH3 is 1. The number of carbonyl (C=O) groups is 2. The zero-order chi connectivity index (χ0) is 20.1. The molecular formula is C22H28N3O3+. The molecule has 2 aromatic rings. The van der Waals surface area contributed by atoms with E-state index in [-0.39, 0.29) is 17.7 Å². The molecule has 1 amide bonds. The fourth-order valence-electron chi connectivity index (χ4n) is 3.58. The highest BCUT2D eigenvalue weighted by atomic mass is 16.5. The minimum absolute atomic E-state index is 0.00341. The molecular weight excluding hydrogens is 354 g/mol. The second-order valence-corrected chi connectivity index (χ2v) is 7.16. The van der Waals surface area contributed by atoms with Gasteiger partial charge in [0.25, 0.3) is 5.91 Å². The number of hydrogen-bond donors (Lipinski definition) is 2. The number of rotatable bonds is 6. The van der Waals surface area contributed by atoms with E-state index in [1.807, 2.05) is 25.1 Å². The molecule has 1 heterocycles. The first-order valence-electron chi connectivity index (χ1n) is 9.64. The van der Waals surface area contributed by atoms with Crippen molar-refractivity contribution in [2.24, 2.45) is 0 Å². The number of hydrogen-bond acceptors (Lipinski definition) is 4. The Morgan fingerprint density at radius 3 is 2.32 bits per heavy atom. The van der Waals surface area contributed by atoms with E-state index in [1.54, 1.807) is 31.4 Å². The molecule has 0 unspecified atom stereocenters. The standard InChI is InChI=1S/C22H27N3O3/c1-16(22(27)23-19-10-8-18(9-11-19)17(2)26)24-12-14-25(15-13-24)20-6-4-5-7-21(20)28-3/h4-11,16H,12-15H2,1-3H3,(H,23,27)/p+1/t16-/m1/s1. The number of ketones is 1. The van der Waals surface area contributed by atoms with Crippen LogP contribution in [0.3, 0.4) is 0 Å². The highest BCUT2D eigenvalue weighted by molar-refractivity contribution is 5.96. The maximum Gasteiger partial charge on any atom is 0.282 e. The maximum atomic E-state index is 12.6. The Kier molecular flexibility index (Phi) is 6.31. The van der Waals surface area contributed by atoms with Crippen LogP contribution in [0, 0.1) is 0 Å². The Labute approximate surface area is 166 Å². The number of nitrogens with one attached hydrogen (secondary N) is 2. The average Bonchev–Trinajstić information content (AvgIpc) is 2.73. The van der Waals surface area contributed by atoms with Gasteiger partial charge in [-0.3, -0.25) is 9.59 Å². The molecule has 3 rings (SSSR count). The van der Waals surface area contributed by atoms with Gasteiger partial charge in [0.15, 0.2) is 11.8 Å². The largest absolute Gasteiger partial charge is 0.495 e. The van der Waals surface area contributed by atoms with Crippen LogP contribution in [-0.4, -0.2) is 51.0 Å². The first kappa shape index (κ1) is 19.9. The van der Waals surface area contributed by atoms with Crippen LogP contribution in [0.5, 0.6) is 5.75 Å². The molecule has 0 aliphatic carbocycles. The third kappa shape index (κ3) is 4.51. The lowest BCUT2D eigenvalue weighted by molar-refractivity contribution is -0.914. The summed E-state index contributed by atoms with van der Waals surface area (Å²) in [5.41, 5.74) is 2.46. The fourth-order valence-corrected chi connectivity index (χ4v) is 3.58. The topological polar surface area (TPSA) is 63.1 Å². The normalized spacial score (nSPS) is 15.8. The summed E-state index contributed by atoms with van der Waals surface area (Å²) in [5.74, 6) is 0.894. The van der Waals surface area contributed by atoms with Crippen molar-refractivity contribution in [1.82, 2.24) is 0 Å². The molecule has 2 aromatic carbocycles. The van der Waals surface area contributed by atoms with Gasteiger partial charge in [-0.1, -0.05) is 12.1 Å². The summed E-state index contributed by atoms with van der Waals surface area (Å²) in [7, 11) is 1.69. The van der Waals surface area contributed by atoms with E-state index >= 15 is 0 Å². The SMILES string of the molecule is COc1ccccc1N1CC[NH+]([C@H](C)C(=O)Nc2ccc(C(C)=O)cc2)CC1. The van der Waals surface area contributed by atoms with Crippen molar-refractivity contribution in [3.8, 4) is 5.75 Å². The van der Waals surface area contributed by atoms with Gasteiger partial charge in [-0.25, -0.2) is 0 Å². The van der Waals surface area contributed by atoms with Gasteiger partial charge in [0.05, 0.1) is 39.0 Å². The van der Waals surface area contributed by atoms with Gasteiger partial charge in [-0.15, -0.1) is 0 Å². The number of carbonyl (C=O) groups excluding carboxylic acids is 2. The van der Waals surface area contributed by atoms with E-state index in [2.05, 4.69) is 16.3 Å². The molecule has 1 atom stereocenters. The number of nitrogens with zero attached hydrogens (tertiary/aromatic N) is 1. The molecule has 1 fully saturated rings. The Morgan fingerprint density at radius 1 is 1.07 bits per heavy atom. The summed E-state index contributed by atoms with van der Waals surface area (Å²) in [6, 6.07) is 14.9. The van der Waals surface area contributed by atoms with Gasteiger partial charge >= 0.3 is 0 Å². The Hall–Kier alpha value is -2.86. The Bertz CT molecular complexity index is 827. The van der Waals surface area contributed by atoms with E-state index in [4.69, 9.17) is 4.74 Å². The third-order valence-corrected chi connectivity index (χ3v) is 5.40. The predicted molar refractivity (Wildman–Crippen MR) is 110 cm³/mol. The zero-order valence-corrected chi connectivity index (χ0v) is 16.7. The van der Waals surface area contributed by atoms with Crippen LogP contribution in [0.4, 0.5) is 11.4 Å². The number of benzene rings is 2. The predicted octanol–water partition coefficient (Wildman–Crippen LogP) is 1.63. The molecule has 1 aliphatic rings. The van der Waals surface area contributed by atoms with Gasteiger partial charge in [-0.05, 0) is 50.2 Å². The highest BCUT2D eigenvalue weighted by Gasteiger charge is 2.30. The zero-order valence-electron chi connectivity index (χ0n) is 16.7. The lowest BCUT2D eigenvalue weighted by Crippen LogP contribution is -3.19. The van der Waals surface area contributed by atoms with Gasteiger partial charge in [0, 0.05) is 11.3 Å². The van der Waals surface area contributed by atoms with E-state index in [1.165, 1.54) is 11.8 Å². The lowest BCUT2D eigenvalue weighted by Gasteiger charge is -2.36. The summed E-state index contributed by atoms with van der Waals surface area (Å²) >= 11 is 0. The number of piperazine rings is 1. The van der Waals surface area contributed by atoms with Crippen LogP contribution < -0.4 is 19.9 Å². The van der Waals surface area contributed by atoms with Crippen molar-refractivity contribution in [3.05, 3.63) is 54.1 Å². The average molecular weight is 382 g/mol. The van der Waals surface area contributed by atoms with Crippen LogP contribution in [0.15, 0.2) is 48.5 Å². The van der Waals surface area contributed by atoms with Crippen molar-refractivity contribution in [2.75, 3.05) is 43.5 Å². The van der Waals surface area contributed by atoms with Crippen LogP contribution in [0.25, 0.3) is 0 Å². The van der Waals surface area contributed by atoms with Crippen molar-refractivity contribution in [1.29, 1.82) is 0 Å². The second-order valence-electron chi connectivity index (χ2n) is 7.16. The van der Waals surface area contributed by atoms with Gasteiger partial charge in [0.2, 0.25) is 0 Å². The molecule has 2 N–H and O–H groups in total. The van der Waals surface area contributed by atoms with Crippen LogP contribution >= 0.6 is 0 Å². The Balaban J connectivity index is 1.56. The number of para-hydroxylation sites is 2. The first-order valence-corrected chi connectivity index (χ1v) is 9.64. The fraction of sp³-hybridized carbons (Fsp3) is 0.364. The van der Waals surface area contributed by atoms with Crippen LogP contribution in [0.2, 0.25) is 0 Å². The van der Waals surface area contributed by atoms with E-state index in [0.29, 0.717) is 11.3 Å². The highest BCUT2D eigenvalue weighted by Crippen LogP contribution is 2.27. The molecule has 148 valence electrons. The first-order chi connectivity index (χ1) is 13.5. The number of Topliss-reactive ketones (excluding diaryl/α,β-unsaturated/α-hetero) is 1. The molecule has 0 radical (unpaired) electrons. The van der Waals surface area contributed by atoms with Crippen molar-refractivity contribution >= 4 is 23.1 Å². The van der Waals surface area contributed by atoms with E-state index in [0.717, 1.165) is 37.6 Å². The Morgan fingerprint density at radius 2 is 1.71 bits per heavy atom. The van der Waals surface area contributed by atoms with Gasteiger partial charge in [-0.2, -0.15) is 0 Å². The second kappa shape index (κ2) is 8.89. The maximum absolute atomic E-state index is 12.6. The van der Waals surface area contributed by atoms with Crippen molar-refractivity contribution in [2.45, 2.75) is 19.9 Å². The monoisotopic (exact) mass is 382 g/mol. The van der Waals surface area contributed by atoms with E-state index in [9.17, 15) is 9.59 Å². The molecule has 6 heteroatoms. The molecule has 0 spiro atoms. The number of quaternary nitrogens is 1. The summed E-state index contributed by atoms with van der Waals surface area (Å²) in [4.78, 5) is 27.6. The molecule has 1 aliphatic heterocycles. The molecule has 1 saturated heterocycles. The van der Waals surface area contributed by atoms with Gasteiger partial charge in [0.1, 0.15) is 5.75 Å². The number of ether oxygens (including phenoxy) is 1. The van der Waals surface area contributed by atoms with Crippen molar-refractivity contribution in [3.63, 3.8) is 0 Å². The number of anilines is 2. The van der Waals surface area contributed by atoms with Crippen LogP contribution in [-0.2, 0) is 4.79 Å². The van der Waals surface area contributed by atoms with Gasteiger partial charge < -0.3 is 19.9 Å². The summed E-state index contributed by atoms with van der Waals surface area (Å²) in [6.07, 6.45) is 0. The minimum Gasteiger partial charge on any atom is -0.495 e. The third-order valence-electron chi connectivity index (χ3n) is 5.40. The summed E-state index contributed by atoms with van der Waals surface area (Å²) in [6.45, 7) is 7.02. The lowest BCUT2D eigenvalue weighted by atomic mass is 10.1. The molecule has 6 nitrogen and oxygen atoms in total. The van der Waals surface area contributed by atoms with Crippen molar-refractivity contribution < 1.29 is 19.2 Å². The minimum atomic E-state index is -0.146. The smallest absolute Gasteiger partial charge is 0.282 e. The summed E-state index contributed by atoms with van der Waals surface area (Å²) < 4.78 is 5.47. The summed E-state index contributed by atoms with van der Waals surface area (Å²) in [5, 5.41) is 2.96. The van der Waals surface area contributed by atoms with E-state index < -0.39 is 0 Å². The molecule has 0 bridgehead atoms. The number of amides is 1. The molecule has 0 saturated carbocycles. The molecule has 28 heavy (non-hydrogen) atoms. The molecule has 0 aromatic heterocycles. The van der Waals surface area contributed by atoms with Crippen LogP contribution in [0.1, 0.15) is 24.2 Å². The quantitative estimate of drug-likeness (QED) is 0.746.